The van der Waals surface area contributed by atoms with E-state index in [1.54, 1.807) is 18.2 Å². The summed E-state index contributed by atoms with van der Waals surface area (Å²) in [5, 5.41) is 9.03. The first-order valence-electron chi connectivity index (χ1n) is 13.4. The topological polar surface area (TPSA) is 82.1 Å². The Labute approximate surface area is 221 Å². The number of ether oxygens (including phenoxy) is 3. The molecule has 6 nitrogen and oxygen atoms in total. The molecule has 0 aliphatic heterocycles. The molecule has 2 bridgehead atoms. The van der Waals surface area contributed by atoms with Gasteiger partial charge in [-0.15, -0.1) is 0 Å². The molecule has 5 rings (SSSR count). The number of aliphatic carboxylic acids is 1. The fourth-order valence-electron chi connectivity index (χ4n) is 6.73. The van der Waals surface area contributed by atoms with Crippen molar-refractivity contribution in [1.29, 1.82) is 0 Å². The van der Waals surface area contributed by atoms with Crippen molar-refractivity contribution in [2.75, 3.05) is 0 Å². The number of benzene rings is 2. The zero-order valence-electron chi connectivity index (χ0n) is 21.6. The third-order valence-corrected chi connectivity index (χ3v) is 8.50. The van der Waals surface area contributed by atoms with E-state index < -0.39 is 30.3 Å². The van der Waals surface area contributed by atoms with Crippen LogP contribution in [-0.4, -0.2) is 35.4 Å². The molecule has 1 N–H and O–H groups in total. The summed E-state index contributed by atoms with van der Waals surface area (Å²) in [6, 6.07) is 13.1. The van der Waals surface area contributed by atoms with Crippen molar-refractivity contribution < 1.29 is 37.7 Å². The molecule has 3 aliphatic rings. The van der Waals surface area contributed by atoms with Crippen LogP contribution in [0.1, 0.15) is 68.0 Å². The highest BCUT2D eigenvalue weighted by atomic mass is 19.3. The van der Waals surface area contributed by atoms with E-state index in [-0.39, 0.29) is 23.1 Å². The lowest BCUT2D eigenvalue weighted by Gasteiger charge is -2.35. The molecule has 0 spiro atoms. The number of fused-ring (bicyclic) bond motifs is 5. The van der Waals surface area contributed by atoms with Gasteiger partial charge in [-0.25, -0.2) is 9.59 Å². The standard InChI is InChI=1S/C30H34F2O6/c1-17(2)28(37-25-16-20-15-24(25)23-10-6-9-22(20)23)36-21-13-11-19(12-14-21)27(33)38-26(30(31,32)29(34)35)18-7-4-3-5-8-18/h3-5,7-8,11-14,17,20,22-26,28H,6,9-10,15-16H2,1-2H3,(H,34,35)/t20-,22?,23?,24?,25?,26?,28?/m1/s1. The summed E-state index contributed by atoms with van der Waals surface area (Å²) < 4.78 is 46.6. The number of halogens is 2. The van der Waals surface area contributed by atoms with Crippen LogP contribution in [0.15, 0.2) is 54.6 Å². The number of rotatable bonds is 10. The second kappa shape index (κ2) is 10.6. The summed E-state index contributed by atoms with van der Waals surface area (Å²) in [6.07, 6.45) is 3.81. The fraction of sp³-hybridized carbons (Fsp3) is 0.533. The lowest BCUT2D eigenvalue weighted by atomic mass is 9.80. The molecule has 204 valence electrons. The van der Waals surface area contributed by atoms with Crippen LogP contribution in [-0.2, 0) is 14.3 Å². The van der Waals surface area contributed by atoms with Gasteiger partial charge < -0.3 is 19.3 Å². The molecule has 8 heteroatoms. The van der Waals surface area contributed by atoms with Gasteiger partial charge in [0.1, 0.15) is 5.75 Å². The first-order chi connectivity index (χ1) is 18.1. The van der Waals surface area contributed by atoms with E-state index in [2.05, 4.69) is 0 Å². The first kappa shape index (κ1) is 26.6. The van der Waals surface area contributed by atoms with Crippen LogP contribution < -0.4 is 4.74 Å². The van der Waals surface area contributed by atoms with Gasteiger partial charge in [0.15, 0.2) is 0 Å². The van der Waals surface area contributed by atoms with Crippen molar-refractivity contribution in [3.8, 4) is 5.75 Å². The van der Waals surface area contributed by atoms with E-state index in [9.17, 15) is 18.4 Å². The number of hydrogen-bond acceptors (Lipinski definition) is 5. The summed E-state index contributed by atoms with van der Waals surface area (Å²) in [5.41, 5.74) is -0.114. The van der Waals surface area contributed by atoms with E-state index in [0.29, 0.717) is 11.7 Å². The van der Waals surface area contributed by atoms with Crippen molar-refractivity contribution in [3.05, 3.63) is 65.7 Å². The van der Waals surface area contributed by atoms with Crippen LogP contribution in [0.25, 0.3) is 0 Å². The number of esters is 1. The Hall–Kier alpha value is -3.00. The number of carboxylic acid groups (broad SMARTS) is 1. The SMILES string of the molecule is CC(C)C(Oc1ccc(C(=O)OC(c2ccccc2)C(F)(F)C(=O)O)cc1)OC1C[C@H]2CC1C1CCCC12. The number of carbonyl (C=O) groups excluding carboxylic acids is 1. The lowest BCUT2D eigenvalue weighted by Crippen LogP contribution is -2.38. The Bertz CT molecular complexity index is 1140. The van der Waals surface area contributed by atoms with E-state index >= 15 is 0 Å². The van der Waals surface area contributed by atoms with Gasteiger partial charge in [0.25, 0.3) is 0 Å². The first-order valence-corrected chi connectivity index (χ1v) is 13.4. The minimum Gasteiger partial charge on any atom is -0.477 e. The van der Waals surface area contributed by atoms with Gasteiger partial charge in [-0.05, 0) is 79.2 Å². The molecule has 7 atom stereocenters. The summed E-state index contributed by atoms with van der Waals surface area (Å²) >= 11 is 0. The van der Waals surface area contributed by atoms with Gasteiger partial charge in [-0.3, -0.25) is 0 Å². The molecule has 3 fully saturated rings. The van der Waals surface area contributed by atoms with Gasteiger partial charge in [0.05, 0.1) is 11.7 Å². The average Bonchev–Trinajstić information content (AvgIpc) is 3.62. The smallest absolute Gasteiger partial charge is 0.382 e. The van der Waals surface area contributed by atoms with Gasteiger partial charge >= 0.3 is 17.9 Å². The maximum atomic E-state index is 14.4. The molecule has 38 heavy (non-hydrogen) atoms. The maximum absolute atomic E-state index is 14.4. The fourth-order valence-corrected chi connectivity index (χ4v) is 6.73. The highest BCUT2D eigenvalue weighted by Gasteiger charge is 2.55. The van der Waals surface area contributed by atoms with E-state index in [1.165, 1.54) is 62.1 Å². The molecule has 0 aromatic heterocycles. The zero-order chi connectivity index (χ0) is 27.0. The second-order valence-corrected chi connectivity index (χ2v) is 11.2. The second-order valence-electron chi connectivity index (χ2n) is 11.2. The van der Waals surface area contributed by atoms with E-state index in [1.807, 2.05) is 13.8 Å². The average molecular weight is 529 g/mol. The van der Waals surface area contributed by atoms with Crippen molar-refractivity contribution in [2.45, 2.75) is 70.4 Å². The van der Waals surface area contributed by atoms with Crippen molar-refractivity contribution >= 4 is 11.9 Å². The van der Waals surface area contributed by atoms with Gasteiger partial charge in [0.2, 0.25) is 12.4 Å². The highest BCUT2D eigenvalue weighted by Crippen LogP contribution is 2.59. The van der Waals surface area contributed by atoms with Gasteiger partial charge in [-0.2, -0.15) is 8.78 Å². The van der Waals surface area contributed by atoms with Crippen LogP contribution in [0.2, 0.25) is 0 Å². The van der Waals surface area contributed by atoms with Gasteiger partial charge in [0, 0.05) is 5.92 Å². The highest BCUT2D eigenvalue weighted by molar-refractivity contribution is 5.90. The molecule has 0 amide bonds. The van der Waals surface area contributed by atoms with E-state index in [0.717, 1.165) is 24.2 Å². The zero-order valence-corrected chi connectivity index (χ0v) is 21.6. The van der Waals surface area contributed by atoms with Crippen molar-refractivity contribution in [3.63, 3.8) is 0 Å². The molecule has 0 saturated heterocycles. The predicted molar refractivity (Wildman–Crippen MR) is 135 cm³/mol. The number of alkyl halides is 2. The molecule has 3 aliphatic carbocycles. The Morgan fingerprint density at radius 2 is 1.63 bits per heavy atom. The Morgan fingerprint density at radius 3 is 2.29 bits per heavy atom. The molecular weight excluding hydrogens is 494 g/mol. The maximum Gasteiger partial charge on any atom is 0.382 e. The van der Waals surface area contributed by atoms with Crippen LogP contribution >= 0.6 is 0 Å². The molecule has 2 aromatic carbocycles. The Morgan fingerprint density at radius 1 is 0.947 bits per heavy atom. The predicted octanol–water partition coefficient (Wildman–Crippen LogP) is 6.51. The molecule has 2 aromatic rings. The Balaban J connectivity index is 1.24. The number of hydrogen-bond donors (Lipinski definition) is 1. The van der Waals surface area contributed by atoms with Crippen LogP contribution in [0.4, 0.5) is 8.78 Å². The molecule has 3 saturated carbocycles. The van der Waals surface area contributed by atoms with Crippen molar-refractivity contribution in [1.82, 2.24) is 0 Å². The number of carboxylic acids is 1. The lowest BCUT2D eigenvalue weighted by molar-refractivity contribution is -0.183. The molecule has 6 unspecified atom stereocenters. The normalized spacial score (nSPS) is 27.7. The number of carbonyl (C=O) groups is 2. The van der Waals surface area contributed by atoms with Crippen LogP contribution in [0, 0.1) is 29.6 Å². The minimum atomic E-state index is -4.31. The molecular formula is C30H34F2O6. The summed E-state index contributed by atoms with van der Waals surface area (Å²) in [4.78, 5) is 23.9. The third kappa shape index (κ3) is 5.15. The van der Waals surface area contributed by atoms with Crippen LogP contribution in [0.3, 0.4) is 0 Å². The van der Waals surface area contributed by atoms with Crippen LogP contribution in [0.5, 0.6) is 5.75 Å². The summed E-state index contributed by atoms with van der Waals surface area (Å²) in [5.74, 6) is -4.12. The Kier molecular flexibility index (Phi) is 7.45. The summed E-state index contributed by atoms with van der Waals surface area (Å²) in [6.45, 7) is 4.07. The molecule has 0 radical (unpaired) electrons. The summed E-state index contributed by atoms with van der Waals surface area (Å²) in [7, 11) is 0. The monoisotopic (exact) mass is 528 g/mol. The molecule has 0 heterocycles. The quantitative estimate of drug-likeness (QED) is 0.280. The van der Waals surface area contributed by atoms with Crippen molar-refractivity contribution in [2.24, 2.45) is 29.6 Å². The van der Waals surface area contributed by atoms with E-state index in [4.69, 9.17) is 19.3 Å². The van der Waals surface area contributed by atoms with Gasteiger partial charge in [-0.1, -0.05) is 50.6 Å². The largest absolute Gasteiger partial charge is 0.477 e. The third-order valence-electron chi connectivity index (χ3n) is 8.50. The minimum absolute atomic E-state index is 0.00173.